The van der Waals surface area contributed by atoms with E-state index in [1.54, 1.807) is 35.1 Å². The van der Waals surface area contributed by atoms with Crippen LogP contribution in [0, 0.1) is 0 Å². The smallest absolute Gasteiger partial charge is 0.386 e. The van der Waals surface area contributed by atoms with Crippen molar-refractivity contribution in [3.8, 4) is 0 Å². The van der Waals surface area contributed by atoms with E-state index in [9.17, 15) is 22.7 Å². The molecule has 3 aromatic rings. The Kier molecular flexibility index (Phi) is 5.39. The molecule has 31 heavy (non-hydrogen) atoms. The number of alkyl halides is 3. The number of halogens is 4. The van der Waals surface area contributed by atoms with Crippen LogP contribution < -0.4 is 5.32 Å². The van der Waals surface area contributed by atoms with E-state index in [1.807, 2.05) is 0 Å². The fourth-order valence-corrected chi connectivity index (χ4v) is 3.07. The largest absolute Gasteiger partial charge is 0.429 e. The number of hydrogen-bond acceptors (Lipinski definition) is 7. The monoisotopic (exact) mass is 435 g/mol. The molecule has 0 radical (unpaired) electrons. The number of imidazole rings is 1. The number of fused-ring (bicyclic) bond motifs is 1. The van der Waals surface area contributed by atoms with Crippen molar-refractivity contribution < 1.29 is 22.7 Å². The van der Waals surface area contributed by atoms with Crippen molar-refractivity contribution in [1.29, 1.82) is 0 Å². The molecule has 0 spiro atoms. The van der Waals surface area contributed by atoms with E-state index < -0.39 is 29.8 Å². The van der Waals surface area contributed by atoms with Crippen LogP contribution in [-0.2, 0) is 0 Å². The minimum Gasteiger partial charge on any atom is -0.386 e. The van der Waals surface area contributed by atoms with Crippen LogP contribution in [0.2, 0.25) is 0 Å². The van der Waals surface area contributed by atoms with Crippen LogP contribution in [0.25, 0.3) is 11.2 Å². The first kappa shape index (κ1) is 20.8. The molecule has 12 heteroatoms. The van der Waals surface area contributed by atoms with Gasteiger partial charge in [-0.3, -0.25) is 0 Å². The summed E-state index contributed by atoms with van der Waals surface area (Å²) in [5, 5.41) is 12.7. The van der Waals surface area contributed by atoms with Crippen LogP contribution in [0.5, 0.6) is 0 Å². The number of nitrogens with one attached hydrogen (secondary N) is 1. The van der Waals surface area contributed by atoms with Crippen LogP contribution in [0.15, 0.2) is 41.5 Å². The number of hydrogen-bond donors (Lipinski definition) is 2. The third-order valence-electron chi connectivity index (χ3n) is 4.71. The summed E-state index contributed by atoms with van der Waals surface area (Å²) in [5.74, 6) is -1.62. The lowest BCUT2D eigenvalue weighted by Crippen LogP contribution is -2.19. The molecule has 0 aromatic carbocycles. The van der Waals surface area contributed by atoms with Gasteiger partial charge in [-0.25, -0.2) is 14.4 Å². The fourth-order valence-electron chi connectivity index (χ4n) is 3.07. The first-order chi connectivity index (χ1) is 14.7. The van der Waals surface area contributed by atoms with Crippen LogP contribution >= 0.6 is 0 Å². The SMILES string of the molecule is C/C(=N/c1nc(Nc2ccn3ccnc3c2)nc(C2=C(F)C(O)CCC2)n1)C(F)(F)F. The quantitative estimate of drug-likeness (QED) is 0.472. The lowest BCUT2D eigenvalue weighted by Gasteiger charge is -2.19. The van der Waals surface area contributed by atoms with Gasteiger partial charge in [0.15, 0.2) is 5.82 Å². The Balaban J connectivity index is 1.78. The molecule has 8 nitrogen and oxygen atoms in total. The van der Waals surface area contributed by atoms with Crippen molar-refractivity contribution in [2.75, 3.05) is 5.32 Å². The lowest BCUT2D eigenvalue weighted by atomic mass is 9.96. The highest BCUT2D eigenvalue weighted by Crippen LogP contribution is 2.33. The van der Waals surface area contributed by atoms with Gasteiger partial charge in [0.1, 0.15) is 23.3 Å². The highest BCUT2D eigenvalue weighted by molar-refractivity contribution is 5.89. The summed E-state index contributed by atoms with van der Waals surface area (Å²) in [4.78, 5) is 19.6. The van der Waals surface area contributed by atoms with Crippen LogP contribution in [0.4, 0.5) is 35.1 Å². The van der Waals surface area contributed by atoms with Crippen molar-refractivity contribution in [2.24, 2.45) is 4.99 Å². The second kappa shape index (κ2) is 8.02. The Morgan fingerprint density at radius 1 is 1.26 bits per heavy atom. The van der Waals surface area contributed by atoms with E-state index in [1.165, 1.54) is 0 Å². The number of pyridine rings is 1. The molecule has 0 fully saturated rings. The van der Waals surface area contributed by atoms with Crippen molar-refractivity contribution in [3.05, 3.63) is 42.4 Å². The van der Waals surface area contributed by atoms with Crippen LogP contribution in [0.3, 0.4) is 0 Å². The predicted octanol–water partition coefficient (Wildman–Crippen LogP) is 4.14. The van der Waals surface area contributed by atoms with Gasteiger partial charge in [0.05, 0.1) is 0 Å². The van der Waals surface area contributed by atoms with Crippen molar-refractivity contribution >= 4 is 34.5 Å². The Bertz CT molecular complexity index is 1190. The number of rotatable bonds is 4. The summed E-state index contributed by atoms with van der Waals surface area (Å²) in [5.41, 5.74) is -0.00685. The zero-order valence-electron chi connectivity index (χ0n) is 16.2. The summed E-state index contributed by atoms with van der Waals surface area (Å²) in [6.07, 6.45) is 0.0599. The van der Waals surface area contributed by atoms with Gasteiger partial charge in [-0.05, 0) is 32.3 Å². The molecule has 0 aliphatic heterocycles. The third-order valence-corrected chi connectivity index (χ3v) is 4.71. The molecule has 1 atom stereocenters. The molecule has 3 heterocycles. The second-order valence-corrected chi connectivity index (χ2v) is 6.95. The Morgan fingerprint density at radius 2 is 2.06 bits per heavy atom. The molecule has 1 aliphatic carbocycles. The van der Waals surface area contributed by atoms with E-state index in [0.717, 1.165) is 6.92 Å². The summed E-state index contributed by atoms with van der Waals surface area (Å²) in [6.45, 7) is 0.785. The number of nitrogens with zero attached hydrogens (tertiary/aromatic N) is 6. The number of aliphatic hydroxyl groups excluding tert-OH is 1. The van der Waals surface area contributed by atoms with E-state index in [4.69, 9.17) is 0 Å². The molecule has 0 bridgehead atoms. The highest BCUT2D eigenvalue weighted by atomic mass is 19.4. The first-order valence-electron chi connectivity index (χ1n) is 9.36. The highest BCUT2D eigenvalue weighted by Gasteiger charge is 2.32. The van der Waals surface area contributed by atoms with Gasteiger partial charge in [-0.2, -0.15) is 28.1 Å². The minimum atomic E-state index is -4.67. The van der Waals surface area contributed by atoms with E-state index in [-0.39, 0.29) is 30.2 Å². The van der Waals surface area contributed by atoms with Gasteiger partial charge < -0.3 is 14.8 Å². The lowest BCUT2D eigenvalue weighted by molar-refractivity contribution is -0.0591. The average Bonchev–Trinajstić information content (AvgIpc) is 3.17. The number of aliphatic hydroxyl groups is 1. The standard InChI is InChI=1S/C19H17F4N7O/c1-10(19(21,22)23)25-17-27-16(12-3-2-4-13(31)15(12)20)28-18(29-17)26-11-5-7-30-8-6-24-14(30)9-11/h5-9,13,31H,2-4H2,1H3,(H,26,27,28,29)/b25-10-. The van der Waals surface area contributed by atoms with Gasteiger partial charge in [-0.15, -0.1) is 0 Å². The molecule has 4 rings (SSSR count). The number of anilines is 2. The van der Waals surface area contributed by atoms with Crippen molar-refractivity contribution in [3.63, 3.8) is 0 Å². The number of allylic oxidation sites excluding steroid dienone is 1. The van der Waals surface area contributed by atoms with E-state index in [0.29, 0.717) is 17.8 Å². The van der Waals surface area contributed by atoms with E-state index in [2.05, 4.69) is 30.2 Å². The van der Waals surface area contributed by atoms with Gasteiger partial charge in [0, 0.05) is 35.9 Å². The molecular formula is C19H17F4N7O. The predicted molar refractivity (Wildman–Crippen MR) is 105 cm³/mol. The molecule has 2 N–H and O–H groups in total. The minimum absolute atomic E-state index is 0.0222. The molecule has 3 aromatic heterocycles. The van der Waals surface area contributed by atoms with E-state index >= 15 is 0 Å². The Labute approximate surface area is 173 Å². The van der Waals surface area contributed by atoms with Gasteiger partial charge in [-0.1, -0.05) is 0 Å². The Hall–Kier alpha value is -3.41. The zero-order valence-corrected chi connectivity index (χ0v) is 16.2. The summed E-state index contributed by atoms with van der Waals surface area (Å²) in [6, 6.07) is 3.36. The maximum absolute atomic E-state index is 14.5. The zero-order chi connectivity index (χ0) is 22.2. The number of aromatic nitrogens is 5. The maximum atomic E-state index is 14.5. The second-order valence-electron chi connectivity index (χ2n) is 6.95. The van der Waals surface area contributed by atoms with Gasteiger partial charge in [0.25, 0.3) is 5.95 Å². The van der Waals surface area contributed by atoms with Crippen molar-refractivity contribution in [2.45, 2.75) is 38.5 Å². The topological polar surface area (TPSA) is 101 Å². The Morgan fingerprint density at radius 3 is 2.84 bits per heavy atom. The molecule has 0 saturated heterocycles. The number of aliphatic imine (C=N–C) groups is 1. The maximum Gasteiger partial charge on any atom is 0.429 e. The molecular weight excluding hydrogens is 418 g/mol. The fraction of sp³-hybridized carbons (Fsp3) is 0.316. The van der Waals surface area contributed by atoms with Gasteiger partial charge >= 0.3 is 6.18 Å². The molecule has 1 aliphatic rings. The first-order valence-corrected chi connectivity index (χ1v) is 9.36. The molecule has 0 amide bonds. The summed E-state index contributed by atoms with van der Waals surface area (Å²) < 4.78 is 55.1. The van der Waals surface area contributed by atoms with Crippen LogP contribution in [-0.4, -0.2) is 47.4 Å². The van der Waals surface area contributed by atoms with Gasteiger partial charge in [0.2, 0.25) is 5.95 Å². The normalized spacial score (nSPS) is 18.0. The molecule has 1 unspecified atom stereocenters. The average molecular weight is 435 g/mol. The summed E-state index contributed by atoms with van der Waals surface area (Å²) >= 11 is 0. The van der Waals surface area contributed by atoms with Crippen molar-refractivity contribution in [1.82, 2.24) is 24.3 Å². The van der Waals surface area contributed by atoms with Crippen LogP contribution in [0.1, 0.15) is 32.0 Å². The third kappa shape index (κ3) is 4.53. The molecule has 0 saturated carbocycles. The summed E-state index contributed by atoms with van der Waals surface area (Å²) in [7, 11) is 0. The molecule has 162 valence electrons.